The van der Waals surface area contributed by atoms with E-state index in [2.05, 4.69) is 12.2 Å². The minimum atomic E-state index is -1.05. The second-order valence-corrected chi connectivity index (χ2v) is 5.98. The number of urea groups is 1. The molecule has 2 rings (SSSR count). The Labute approximate surface area is 119 Å². The van der Waals surface area contributed by atoms with Crippen LogP contribution < -0.4 is 5.32 Å². The number of rotatable bonds is 3. The van der Waals surface area contributed by atoms with E-state index in [1.165, 1.54) is 11.3 Å². The van der Waals surface area contributed by atoms with Gasteiger partial charge in [-0.15, -0.1) is 0 Å². The van der Waals surface area contributed by atoms with Crippen molar-refractivity contribution in [1.82, 2.24) is 10.2 Å². The first kappa shape index (κ1) is 15.1. The van der Waals surface area contributed by atoms with Crippen LogP contribution in [0.3, 0.4) is 0 Å². The zero-order valence-corrected chi connectivity index (χ0v) is 11.9. The highest BCUT2D eigenvalue weighted by Gasteiger charge is 2.39. The molecule has 0 radical (unpaired) electrons. The Morgan fingerprint density at radius 3 is 2.70 bits per heavy atom. The number of amides is 2. The molecule has 0 aromatic heterocycles. The van der Waals surface area contributed by atoms with Gasteiger partial charge in [0.25, 0.3) is 0 Å². The summed E-state index contributed by atoms with van der Waals surface area (Å²) in [5.41, 5.74) is 0. The molecule has 20 heavy (non-hydrogen) atoms. The number of carbonyl (C=O) groups is 2. The van der Waals surface area contributed by atoms with E-state index in [4.69, 9.17) is 5.11 Å². The van der Waals surface area contributed by atoms with Gasteiger partial charge in [0.05, 0.1) is 6.10 Å². The third kappa shape index (κ3) is 3.42. The number of hydrogen-bond donors (Lipinski definition) is 3. The van der Waals surface area contributed by atoms with Crippen LogP contribution in [-0.2, 0) is 4.79 Å². The van der Waals surface area contributed by atoms with Gasteiger partial charge in [-0.3, -0.25) is 0 Å². The maximum Gasteiger partial charge on any atom is 0.326 e. The van der Waals surface area contributed by atoms with E-state index >= 15 is 0 Å². The van der Waals surface area contributed by atoms with Crippen molar-refractivity contribution in [2.45, 2.75) is 63.6 Å². The number of aliphatic carboxylic acids is 1. The number of carbonyl (C=O) groups excluding carboxylic acids is 1. The summed E-state index contributed by atoms with van der Waals surface area (Å²) < 4.78 is 0. The lowest BCUT2D eigenvalue weighted by Crippen LogP contribution is -2.50. The lowest BCUT2D eigenvalue weighted by molar-refractivity contribution is -0.141. The molecule has 0 aromatic rings. The van der Waals surface area contributed by atoms with Gasteiger partial charge in [0.15, 0.2) is 0 Å². The number of likely N-dealkylation sites (tertiary alicyclic amines) is 1. The molecule has 6 heteroatoms. The molecule has 2 unspecified atom stereocenters. The molecular weight excluding hydrogens is 260 g/mol. The van der Waals surface area contributed by atoms with E-state index in [1.807, 2.05) is 0 Å². The van der Waals surface area contributed by atoms with Crippen molar-refractivity contribution in [2.75, 3.05) is 6.54 Å². The summed E-state index contributed by atoms with van der Waals surface area (Å²) >= 11 is 0. The van der Waals surface area contributed by atoms with Crippen molar-refractivity contribution >= 4 is 12.0 Å². The number of carboxylic acid groups (broad SMARTS) is 1. The molecule has 114 valence electrons. The number of hydrogen-bond acceptors (Lipinski definition) is 3. The molecule has 2 amide bonds. The topological polar surface area (TPSA) is 89.9 Å². The first-order valence-corrected chi connectivity index (χ1v) is 7.49. The zero-order chi connectivity index (χ0) is 14.7. The minimum Gasteiger partial charge on any atom is -0.480 e. The van der Waals surface area contributed by atoms with Crippen molar-refractivity contribution in [3.63, 3.8) is 0 Å². The van der Waals surface area contributed by atoms with E-state index in [1.54, 1.807) is 0 Å². The fourth-order valence-corrected chi connectivity index (χ4v) is 3.32. The Kier molecular flexibility index (Phi) is 4.86. The Hall–Kier alpha value is -1.30. The van der Waals surface area contributed by atoms with Crippen LogP contribution in [0, 0.1) is 5.92 Å². The van der Waals surface area contributed by atoms with Crippen LogP contribution in [-0.4, -0.2) is 51.8 Å². The maximum atomic E-state index is 12.2. The van der Waals surface area contributed by atoms with Crippen LogP contribution in [0.1, 0.15) is 45.4 Å². The van der Waals surface area contributed by atoms with Gasteiger partial charge in [-0.25, -0.2) is 9.59 Å². The van der Waals surface area contributed by atoms with Gasteiger partial charge in [0.2, 0.25) is 0 Å². The first-order valence-electron chi connectivity index (χ1n) is 7.49. The molecule has 0 aromatic carbocycles. The molecule has 0 bridgehead atoms. The van der Waals surface area contributed by atoms with Crippen molar-refractivity contribution in [3.8, 4) is 0 Å². The van der Waals surface area contributed by atoms with E-state index in [-0.39, 0.29) is 25.0 Å². The average molecular weight is 284 g/mol. The highest BCUT2D eigenvalue weighted by atomic mass is 16.4. The summed E-state index contributed by atoms with van der Waals surface area (Å²) in [6.45, 7) is 2.26. The monoisotopic (exact) mass is 284 g/mol. The molecule has 1 saturated carbocycles. The number of aliphatic hydroxyl groups excluding tert-OH is 1. The third-order valence-electron chi connectivity index (χ3n) is 4.51. The van der Waals surface area contributed by atoms with E-state index in [0.29, 0.717) is 5.92 Å². The van der Waals surface area contributed by atoms with Gasteiger partial charge in [0, 0.05) is 19.0 Å². The lowest BCUT2D eigenvalue weighted by atomic mass is 9.84. The van der Waals surface area contributed by atoms with Gasteiger partial charge >= 0.3 is 12.0 Å². The van der Waals surface area contributed by atoms with Crippen molar-refractivity contribution in [1.29, 1.82) is 0 Å². The molecule has 1 aliphatic heterocycles. The van der Waals surface area contributed by atoms with Gasteiger partial charge in [-0.05, 0) is 18.8 Å². The summed E-state index contributed by atoms with van der Waals surface area (Å²) in [6, 6.07) is -1.13. The highest BCUT2D eigenvalue weighted by Crippen LogP contribution is 2.27. The Balaban J connectivity index is 1.92. The highest BCUT2D eigenvalue weighted by molar-refractivity contribution is 5.83. The van der Waals surface area contributed by atoms with Crippen LogP contribution in [0.4, 0.5) is 4.79 Å². The van der Waals surface area contributed by atoms with E-state index < -0.39 is 18.1 Å². The number of carboxylic acids is 1. The van der Waals surface area contributed by atoms with Crippen molar-refractivity contribution in [3.05, 3.63) is 0 Å². The second-order valence-electron chi connectivity index (χ2n) is 5.98. The third-order valence-corrected chi connectivity index (χ3v) is 4.51. The van der Waals surface area contributed by atoms with Gasteiger partial charge in [0.1, 0.15) is 6.04 Å². The number of β-amino-alcohol motifs (C(OH)–C–C–N with tert-alkyl or cyclic N) is 1. The SMILES string of the molecule is CCC1CCCC(NC(=O)N2C[C@@H](O)C[C@H]2C(=O)O)C1. The van der Waals surface area contributed by atoms with Crippen LogP contribution in [0.2, 0.25) is 0 Å². The maximum absolute atomic E-state index is 12.2. The Morgan fingerprint density at radius 2 is 2.05 bits per heavy atom. The number of nitrogens with zero attached hydrogens (tertiary/aromatic N) is 1. The zero-order valence-electron chi connectivity index (χ0n) is 11.9. The molecule has 4 atom stereocenters. The molecule has 1 saturated heterocycles. The van der Waals surface area contributed by atoms with Gasteiger partial charge in [-0.2, -0.15) is 0 Å². The molecule has 0 spiro atoms. The summed E-state index contributed by atoms with van der Waals surface area (Å²) in [5, 5.41) is 21.6. The van der Waals surface area contributed by atoms with Gasteiger partial charge < -0.3 is 20.4 Å². The van der Waals surface area contributed by atoms with Crippen molar-refractivity contribution in [2.24, 2.45) is 5.92 Å². The summed E-state index contributed by atoms with van der Waals surface area (Å²) in [6.07, 6.45) is 4.73. The molecule has 1 heterocycles. The summed E-state index contributed by atoms with van der Waals surface area (Å²) in [4.78, 5) is 24.6. The molecular formula is C14H24N2O4. The van der Waals surface area contributed by atoms with E-state index in [0.717, 1.165) is 25.7 Å². The number of nitrogens with one attached hydrogen (secondary N) is 1. The lowest BCUT2D eigenvalue weighted by Gasteiger charge is -2.31. The summed E-state index contributed by atoms with van der Waals surface area (Å²) in [5.74, 6) is -0.403. The Bertz CT molecular complexity index is 374. The second kappa shape index (κ2) is 6.43. The van der Waals surface area contributed by atoms with Crippen LogP contribution in [0.15, 0.2) is 0 Å². The standard InChI is InChI=1S/C14H24N2O4/c1-2-9-4-3-5-10(6-9)15-14(20)16-8-11(17)7-12(16)13(18)19/h9-12,17H,2-8H2,1H3,(H,15,20)(H,18,19)/t9?,10?,11-,12-/m0/s1. The van der Waals surface area contributed by atoms with Crippen molar-refractivity contribution < 1.29 is 19.8 Å². The largest absolute Gasteiger partial charge is 0.480 e. The normalized spacial score (nSPS) is 34.0. The van der Waals surface area contributed by atoms with Crippen LogP contribution in [0.25, 0.3) is 0 Å². The molecule has 2 aliphatic rings. The molecule has 6 nitrogen and oxygen atoms in total. The molecule has 2 fully saturated rings. The Morgan fingerprint density at radius 1 is 1.30 bits per heavy atom. The minimum absolute atomic E-state index is 0.104. The average Bonchev–Trinajstić information content (AvgIpc) is 2.81. The first-order chi connectivity index (χ1) is 9.51. The predicted octanol–water partition coefficient (Wildman–Crippen LogP) is 1.18. The van der Waals surface area contributed by atoms with Gasteiger partial charge in [-0.1, -0.05) is 26.2 Å². The number of aliphatic hydroxyl groups is 1. The fourth-order valence-electron chi connectivity index (χ4n) is 3.32. The fraction of sp³-hybridized carbons (Fsp3) is 0.857. The molecule has 3 N–H and O–H groups in total. The van der Waals surface area contributed by atoms with Crippen LogP contribution in [0.5, 0.6) is 0 Å². The molecule has 1 aliphatic carbocycles. The van der Waals surface area contributed by atoms with E-state index in [9.17, 15) is 14.7 Å². The quantitative estimate of drug-likeness (QED) is 0.726. The predicted molar refractivity (Wildman–Crippen MR) is 73.3 cm³/mol. The summed E-state index contributed by atoms with van der Waals surface area (Å²) in [7, 11) is 0. The van der Waals surface area contributed by atoms with Crippen LogP contribution >= 0.6 is 0 Å². The smallest absolute Gasteiger partial charge is 0.326 e.